The van der Waals surface area contributed by atoms with Crippen LogP contribution in [0.1, 0.15) is 26.0 Å². The first-order chi connectivity index (χ1) is 9.76. The number of ether oxygens (including phenoxy) is 1. The second kappa shape index (κ2) is 6.89. The normalized spacial score (nSPS) is 10.3. The number of hydrogen-bond donors (Lipinski definition) is 1. The predicted molar refractivity (Wildman–Crippen MR) is 82.2 cm³/mol. The molecule has 1 aromatic heterocycles. The smallest absolute Gasteiger partial charge is 0.161 e. The fourth-order valence-corrected chi connectivity index (χ4v) is 2.02. The summed E-state index contributed by atoms with van der Waals surface area (Å²) in [6.45, 7) is 5.07. The van der Waals surface area contributed by atoms with Crippen molar-refractivity contribution in [2.24, 2.45) is 0 Å². The van der Waals surface area contributed by atoms with Gasteiger partial charge in [0.2, 0.25) is 0 Å². The quantitative estimate of drug-likeness (QED) is 0.873. The average molecular weight is 271 g/mol. The minimum atomic E-state index is 0.759. The van der Waals surface area contributed by atoms with Gasteiger partial charge in [0.25, 0.3) is 0 Å². The van der Waals surface area contributed by atoms with Gasteiger partial charge in [-0.3, -0.25) is 0 Å². The molecule has 0 fully saturated rings. The standard InChI is InChI=1S/C16H21N3O/c1-4-6-13-11-15(17-5-2)19-16(18-13)12-7-9-14(20-3)10-8-12/h7-11H,4-6H2,1-3H3,(H,17,18,19). The third kappa shape index (κ3) is 3.47. The average Bonchev–Trinajstić information content (AvgIpc) is 2.48. The molecule has 106 valence electrons. The summed E-state index contributed by atoms with van der Waals surface area (Å²) in [4.78, 5) is 9.21. The zero-order valence-electron chi connectivity index (χ0n) is 12.3. The molecule has 0 aliphatic heterocycles. The van der Waals surface area contributed by atoms with E-state index in [4.69, 9.17) is 4.74 Å². The highest BCUT2D eigenvalue weighted by atomic mass is 16.5. The third-order valence-electron chi connectivity index (χ3n) is 2.99. The first kappa shape index (κ1) is 14.3. The lowest BCUT2D eigenvalue weighted by molar-refractivity contribution is 0.415. The zero-order chi connectivity index (χ0) is 14.4. The molecule has 1 aromatic carbocycles. The van der Waals surface area contributed by atoms with Gasteiger partial charge in [0.15, 0.2) is 5.82 Å². The maximum atomic E-state index is 5.18. The van der Waals surface area contributed by atoms with Crippen LogP contribution in [0, 0.1) is 0 Å². The summed E-state index contributed by atoms with van der Waals surface area (Å²) in [5.74, 6) is 2.48. The number of aryl methyl sites for hydroxylation is 1. The van der Waals surface area contributed by atoms with Crippen molar-refractivity contribution in [1.29, 1.82) is 0 Å². The summed E-state index contributed by atoms with van der Waals surface area (Å²) >= 11 is 0. The molecule has 0 spiro atoms. The van der Waals surface area contributed by atoms with Crippen LogP contribution in [0.25, 0.3) is 11.4 Å². The fourth-order valence-electron chi connectivity index (χ4n) is 2.02. The summed E-state index contributed by atoms with van der Waals surface area (Å²) in [6.07, 6.45) is 2.04. The number of nitrogens with zero attached hydrogens (tertiary/aromatic N) is 2. The van der Waals surface area contributed by atoms with Gasteiger partial charge in [-0.2, -0.15) is 0 Å². The van der Waals surface area contributed by atoms with Crippen LogP contribution in [-0.4, -0.2) is 23.6 Å². The monoisotopic (exact) mass is 271 g/mol. The molecule has 0 amide bonds. The Balaban J connectivity index is 2.37. The molecule has 0 aliphatic carbocycles. The summed E-state index contributed by atoms with van der Waals surface area (Å²) in [6, 6.07) is 9.86. The van der Waals surface area contributed by atoms with Crippen LogP contribution in [0.5, 0.6) is 5.75 Å². The molecule has 0 saturated carbocycles. The van der Waals surface area contributed by atoms with Gasteiger partial charge in [0, 0.05) is 23.9 Å². The van der Waals surface area contributed by atoms with Crippen molar-refractivity contribution in [1.82, 2.24) is 9.97 Å². The van der Waals surface area contributed by atoms with Gasteiger partial charge in [-0.15, -0.1) is 0 Å². The first-order valence-electron chi connectivity index (χ1n) is 7.03. The molecule has 1 N–H and O–H groups in total. The van der Waals surface area contributed by atoms with E-state index < -0.39 is 0 Å². The van der Waals surface area contributed by atoms with Gasteiger partial charge in [-0.05, 0) is 37.6 Å². The van der Waals surface area contributed by atoms with Gasteiger partial charge in [-0.1, -0.05) is 13.3 Å². The van der Waals surface area contributed by atoms with Crippen LogP contribution in [0.15, 0.2) is 30.3 Å². The molecule has 0 bridgehead atoms. The Morgan fingerprint density at radius 2 is 1.85 bits per heavy atom. The van der Waals surface area contributed by atoms with Gasteiger partial charge in [0.05, 0.1) is 7.11 Å². The van der Waals surface area contributed by atoms with E-state index in [1.807, 2.05) is 30.3 Å². The topological polar surface area (TPSA) is 47.0 Å². The number of nitrogens with one attached hydrogen (secondary N) is 1. The summed E-state index contributed by atoms with van der Waals surface area (Å²) < 4.78 is 5.18. The number of anilines is 1. The molecule has 20 heavy (non-hydrogen) atoms. The van der Waals surface area contributed by atoms with Crippen LogP contribution in [-0.2, 0) is 6.42 Å². The van der Waals surface area contributed by atoms with Gasteiger partial charge >= 0.3 is 0 Å². The largest absolute Gasteiger partial charge is 0.497 e. The van der Waals surface area contributed by atoms with E-state index in [1.165, 1.54) is 0 Å². The Hall–Kier alpha value is -2.10. The molecular formula is C16H21N3O. The van der Waals surface area contributed by atoms with E-state index in [0.717, 1.165) is 48.0 Å². The van der Waals surface area contributed by atoms with E-state index in [2.05, 4.69) is 29.1 Å². The summed E-state index contributed by atoms with van der Waals surface area (Å²) in [7, 11) is 1.66. The van der Waals surface area contributed by atoms with E-state index in [9.17, 15) is 0 Å². The molecule has 2 aromatic rings. The maximum Gasteiger partial charge on any atom is 0.161 e. The lowest BCUT2D eigenvalue weighted by Gasteiger charge is -2.09. The van der Waals surface area contributed by atoms with Crippen molar-refractivity contribution in [3.63, 3.8) is 0 Å². The van der Waals surface area contributed by atoms with E-state index in [0.29, 0.717) is 0 Å². The zero-order valence-corrected chi connectivity index (χ0v) is 12.3. The molecule has 0 unspecified atom stereocenters. The minimum absolute atomic E-state index is 0.759. The lowest BCUT2D eigenvalue weighted by Crippen LogP contribution is -2.04. The number of aromatic nitrogens is 2. The van der Waals surface area contributed by atoms with Crippen molar-refractivity contribution < 1.29 is 4.74 Å². The molecule has 2 rings (SSSR count). The second-order valence-electron chi connectivity index (χ2n) is 4.58. The highest BCUT2D eigenvalue weighted by Crippen LogP contribution is 2.21. The Labute approximate surface area is 120 Å². The van der Waals surface area contributed by atoms with Gasteiger partial charge < -0.3 is 10.1 Å². The number of methoxy groups -OCH3 is 1. The second-order valence-corrected chi connectivity index (χ2v) is 4.58. The van der Waals surface area contributed by atoms with Crippen molar-refractivity contribution in [2.75, 3.05) is 19.0 Å². The molecule has 1 heterocycles. The number of rotatable bonds is 6. The Morgan fingerprint density at radius 1 is 1.10 bits per heavy atom. The molecule has 4 heteroatoms. The Morgan fingerprint density at radius 3 is 2.45 bits per heavy atom. The van der Waals surface area contributed by atoms with Crippen LogP contribution < -0.4 is 10.1 Å². The molecule has 0 radical (unpaired) electrons. The van der Waals surface area contributed by atoms with Crippen LogP contribution >= 0.6 is 0 Å². The molecule has 4 nitrogen and oxygen atoms in total. The van der Waals surface area contributed by atoms with Crippen LogP contribution in [0.2, 0.25) is 0 Å². The summed E-state index contributed by atoms with van der Waals surface area (Å²) in [5.41, 5.74) is 2.08. The minimum Gasteiger partial charge on any atom is -0.497 e. The predicted octanol–water partition coefficient (Wildman–Crippen LogP) is 3.54. The lowest BCUT2D eigenvalue weighted by atomic mass is 10.2. The molecule has 0 saturated heterocycles. The highest BCUT2D eigenvalue weighted by molar-refractivity contribution is 5.58. The fraction of sp³-hybridized carbons (Fsp3) is 0.375. The van der Waals surface area contributed by atoms with Crippen LogP contribution in [0.4, 0.5) is 5.82 Å². The van der Waals surface area contributed by atoms with Gasteiger partial charge in [-0.25, -0.2) is 9.97 Å². The van der Waals surface area contributed by atoms with Crippen LogP contribution in [0.3, 0.4) is 0 Å². The highest BCUT2D eigenvalue weighted by Gasteiger charge is 2.06. The van der Waals surface area contributed by atoms with Crippen molar-refractivity contribution in [3.8, 4) is 17.1 Å². The Bertz CT molecular complexity index is 528. The van der Waals surface area contributed by atoms with Crippen molar-refractivity contribution in [2.45, 2.75) is 26.7 Å². The molecular weight excluding hydrogens is 250 g/mol. The number of hydrogen-bond acceptors (Lipinski definition) is 4. The first-order valence-corrected chi connectivity index (χ1v) is 7.03. The summed E-state index contributed by atoms with van der Waals surface area (Å²) in [5, 5.41) is 3.26. The molecule has 0 aliphatic rings. The molecule has 0 atom stereocenters. The van der Waals surface area contributed by atoms with E-state index in [-0.39, 0.29) is 0 Å². The van der Waals surface area contributed by atoms with Gasteiger partial charge in [0.1, 0.15) is 11.6 Å². The van der Waals surface area contributed by atoms with E-state index in [1.54, 1.807) is 7.11 Å². The SMILES string of the molecule is CCCc1cc(NCC)nc(-c2ccc(OC)cc2)n1. The van der Waals surface area contributed by atoms with E-state index >= 15 is 0 Å². The third-order valence-corrected chi connectivity index (χ3v) is 2.99. The maximum absolute atomic E-state index is 5.18. The Kier molecular flexibility index (Phi) is 4.93. The van der Waals surface area contributed by atoms with Crippen molar-refractivity contribution >= 4 is 5.82 Å². The van der Waals surface area contributed by atoms with Crippen molar-refractivity contribution in [3.05, 3.63) is 36.0 Å². The number of benzene rings is 1.